The van der Waals surface area contributed by atoms with Gasteiger partial charge in [0.25, 0.3) is 5.91 Å². The summed E-state index contributed by atoms with van der Waals surface area (Å²) in [6, 6.07) is 15.6. The molecule has 0 aromatic heterocycles. The largest absolute Gasteiger partial charge is 0.504 e. The lowest BCUT2D eigenvalue weighted by Gasteiger charge is -2.18. The van der Waals surface area contributed by atoms with Gasteiger partial charge in [-0.25, -0.2) is 0 Å². The maximum absolute atomic E-state index is 12.5. The van der Waals surface area contributed by atoms with Crippen molar-refractivity contribution in [3.05, 3.63) is 65.2 Å². The molecule has 0 spiro atoms. The van der Waals surface area contributed by atoms with E-state index in [4.69, 9.17) is 0 Å². The van der Waals surface area contributed by atoms with Gasteiger partial charge in [0.2, 0.25) is 0 Å². The summed E-state index contributed by atoms with van der Waals surface area (Å²) in [6.45, 7) is 0. The highest BCUT2D eigenvalue weighted by Crippen LogP contribution is 2.41. The zero-order valence-electron chi connectivity index (χ0n) is 13.5. The first-order chi connectivity index (χ1) is 12.1. The van der Waals surface area contributed by atoms with E-state index in [9.17, 15) is 20.3 Å². The van der Waals surface area contributed by atoms with Crippen LogP contribution < -0.4 is 5.32 Å². The molecule has 1 atom stereocenters. The second-order valence-corrected chi connectivity index (χ2v) is 6.12. The van der Waals surface area contributed by atoms with Crippen molar-refractivity contribution in [1.82, 2.24) is 5.32 Å². The van der Waals surface area contributed by atoms with Crippen molar-refractivity contribution in [2.45, 2.75) is 18.9 Å². The summed E-state index contributed by atoms with van der Waals surface area (Å²) in [5.74, 6) is -0.607. The fourth-order valence-electron chi connectivity index (χ4n) is 2.73. The molecule has 2 aromatic rings. The molecule has 0 aliphatic heterocycles. The van der Waals surface area contributed by atoms with E-state index in [-0.39, 0.29) is 23.1 Å². The van der Waals surface area contributed by atoms with Crippen LogP contribution in [-0.4, -0.2) is 16.1 Å². The third-order valence-electron chi connectivity index (χ3n) is 4.21. The van der Waals surface area contributed by atoms with Gasteiger partial charge in [0.1, 0.15) is 11.6 Å². The minimum atomic E-state index is -0.448. The Labute approximate surface area is 145 Å². The fraction of sp³-hybridized carbons (Fsp3) is 0.200. The van der Waals surface area contributed by atoms with Gasteiger partial charge in [-0.15, -0.1) is 0 Å². The van der Waals surface area contributed by atoms with E-state index in [1.54, 1.807) is 0 Å². The number of nitriles is 1. The van der Waals surface area contributed by atoms with Crippen LogP contribution >= 0.6 is 0 Å². The average Bonchev–Trinajstić information content (AvgIpc) is 3.46. The Morgan fingerprint density at radius 3 is 2.48 bits per heavy atom. The number of amides is 1. The zero-order valence-corrected chi connectivity index (χ0v) is 13.5. The molecule has 5 heteroatoms. The molecule has 0 radical (unpaired) electrons. The Morgan fingerprint density at radius 2 is 1.88 bits per heavy atom. The number of phenolic OH excluding ortho intramolecular Hbond substituents is 2. The molecule has 1 amide bonds. The molecule has 25 heavy (non-hydrogen) atoms. The monoisotopic (exact) mass is 334 g/mol. The predicted octanol–water partition coefficient (Wildman–Crippen LogP) is 3.27. The van der Waals surface area contributed by atoms with Crippen molar-refractivity contribution in [2.75, 3.05) is 0 Å². The first-order valence-corrected chi connectivity index (χ1v) is 8.08. The van der Waals surface area contributed by atoms with Gasteiger partial charge in [-0.2, -0.15) is 5.26 Å². The number of hydrogen-bond acceptors (Lipinski definition) is 4. The number of hydrogen-bond donors (Lipinski definition) is 3. The van der Waals surface area contributed by atoms with Gasteiger partial charge in [-0.05, 0) is 48.1 Å². The number of nitrogens with zero attached hydrogens (tertiary/aromatic N) is 1. The van der Waals surface area contributed by atoms with E-state index in [0.29, 0.717) is 11.5 Å². The first-order valence-electron chi connectivity index (χ1n) is 8.08. The van der Waals surface area contributed by atoms with E-state index in [1.165, 1.54) is 24.3 Å². The molecular formula is C20H18N2O3. The van der Waals surface area contributed by atoms with E-state index < -0.39 is 5.91 Å². The van der Waals surface area contributed by atoms with Crippen LogP contribution in [0.2, 0.25) is 0 Å². The van der Waals surface area contributed by atoms with Crippen LogP contribution in [0.15, 0.2) is 54.1 Å². The van der Waals surface area contributed by atoms with Crippen molar-refractivity contribution >= 4 is 12.0 Å². The second-order valence-electron chi connectivity index (χ2n) is 6.12. The quantitative estimate of drug-likeness (QED) is 0.444. The van der Waals surface area contributed by atoms with E-state index >= 15 is 0 Å². The molecule has 0 saturated heterocycles. The number of benzene rings is 2. The Kier molecular flexibility index (Phi) is 4.71. The molecule has 2 aromatic carbocycles. The topological polar surface area (TPSA) is 93.3 Å². The summed E-state index contributed by atoms with van der Waals surface area (Å²) in [4.78, 5) is 12.5. The Hall–Kier alpha value is -3.26. The molecule has 1 fully saturated rings. The summed E-state index contributed by atoms with van der Waals surface area (Å²) >= 11 is 0. The smallest absolute Gasteiger partial charge is 0.262 e. The number of carbonyl (C=O) groups excluding carboxylic acids is 1. The molecule has 0 heterocycles. The van der Waals surface area contributed by atoms with Crippen LogP contribution in [0.3, 0.4) is 0 Å². The second kappa shape index (κ2) is 7.10. The van der Waals surface area contributed by atoms with Crippen molar-refractivity contribution < 1.29 is 15.0 Å². The minimum absolute atomic E-state index is 0.0494. The molecular weight excluding hydrogens is 316 g/mol. The Morgan fingerprint density at radius 1 is 1.16 bits per heavy atom. The van der Waals surface area contributed by atoms with Crippen LogP contribution in [0.4, 0.5) is 0 Å². The van der Waals surface area contributed by atoms with Crippen LogP contribution in [0, 0.1) is 17.2 Å². The number of carbonyl (C=O) groups is 1. The molecule has 0 unspecified atom stereocenters. The summed E-state index contributed by atoms with van der Waals surface area (Å²) in [5, 5.41) is 31.2. The predicted molar refractivity (Wildman–Crippen MR) is 93.4 cm³/mol. The Bertz CT molecular complexity index is 849. The van der Waals surface area contributed by atoms with E-state index in [2.05, 4.69) is 5.32 Å². The van der Waals surface area contributed by atoms with E-state index in [0.717, 1.165) is 18.4 Å². The van der Waals surface area contributed by atoms with E-state index in [1.807, 2.05) is 36.4 Å². The number of phenols is 2. The molecule has 126 valence electrons. The minimum Gasteiger partial charge on any atom is -0.504 e. The lowest BCUT2D eigenvalue weighted by molar-refractivity contribution is -0.117. The van der Waals surface area contributed by atoms with Gasteiger partial charge in [0.15, 0.2) is 11.5 Å². The SMILES string of the molecule is N#CC(=Cc1ccc(O)c(O)c1)C(=O)N[C@H](c1ccccc1)C1CC1. The van der Waals surface area contributed by atoms with Crippen molar-refractivity contribution in [1.29, 1.82) is 5.26 Å². The van der Waals surface area contributed by atoms with Gasteiger partial charge in [-0.1, -0.05) is 36.4 Å². The summed E-state index contributed by atoms with van der Waals surface area (Å²) in [5.41, 5.74) is 1.44. The number of aromatic hydroxyl groups is 2. The molecule has 5 nitrogen and oxygen atoms in total. The summed E-state index contributed by atoms with van der Waals surface area (Å²) in [7, 11) is 0. The van der Waals surface area contributed by atoms with Gasteiger partial charge < -0.3 is 15.5 Å². The zero-order chi connectivity index (χ0) is 17.8. The van der Waals surface area contributed by atoms with Crippen molar-refractivity contribution in [3.8, 4) is 17.6 Å². The maximum atomic E-state index is 12.5. The van der Waals surface area contributed by atoms with Crippen molar-refractivity contribution in [2.24, 2.45) is 5.92 Å². The standard InChI is InChI=1S/C20H18N2O3/c21-12-16(10-13-6-9-17(23)18(24)11-13)20(25)22-19(15-7-8-15)14-4-2-1-3-5-14/h1-6,9-11,15,19,23-24H,7-8H2,(H,22,25)/t19-/m1/s1. The Balaban J connectivity index is 1.81. The van der Waals surface area contributed by atoms with Crippen LogP contribution in [0.25, 0.3) is 6.08 Å². The lowest BCUT2D eigenvalue weighted by Crippen LogP contribution is -2.30. The van der Waals surface area contributed by atoms with Gasteiger partial charge in [-0.3, -0.25) is 4.79 Å². The van der Waals surface area contributed by atoms with Crippen LogP contribution in [0.5, 0.6) is 11.5 Å². The highest BCUT2D eigenvalue weighted by atomic mass is 16.3. The average molecular weight is 334 g/mol. The maximum Gasteiger partial charge on any atom is 0.262 e. The van der Waals surface area contributed by atoms with Crippen LogP contribution in [0.1, 0.15) is 30.0 Å². The normalized spacial score (nSPS) is 15.2. The molecule has 3 N–H and O–H groups in total. The molecule has 1 aliphatic carbocycles. The number of nitrogens with one attached hydrogen (secondary N) is 1. The molecule has 1 saturated carbocycles. The molecule has 3 rings (SSSR count). The summed E-state index contributed by atoms with van der Waals surface area (Å²) < 4.78 is 0. The van der Waals surface area contributed by atoms with Gasteiger partial charge in [0, 0.05) is 0 Å². The third-order valence-corrected chi connectivity index (χ3v) is 4.21. The highest BCUT2D eigenvalue weighted by Gasteiger charge is 2.33. The highest BCUT2D eigenvalue weighted by molar-refractivity contribution is 6.02. The van der Waals surface area contributed by atoms with Crippen LogP contribution in [-0.2, 0) is 4.79 Å². The summed E-state index contributed by atoms with van der Waals surface area (Å²) in [6.07, 6.45) is 3.50. The molecule has 0 bridgehead atoms. The first kappa shape index (κ1) is 16.6. The fourth-order valence-corrected chi connectivity index (χ4v) is 2.73. The van der Waals surface area contributed by atoms with Gasteiger partial charge in [0.05, 0.1) is 6.04 Å². The van der Waals surface area contributed by atoms with Crippen molar-refractivity contribution in [3.63, 3.8) is 0 Å². The molecule has 1 aliphatic rings. The number of rotatable bonds is 5. The van der Waals surface area contributed by atoms with Gasteiger partial charge >= 0.3 is 0 Å². The third kappa shape index (κ3) is 3.99. The lowest BCUT2D eigenvalue weighted by atomic mass is 10.0.